The highest BCUT2D eigenvalue weighted by Gasteiger charge is 2.24. The lowest BCUT2D eigenvalue weighted by atomic mass is 10.1. The van der Waals surface area contributed by atoms with Gasteiger partial charge in [0.2, 0.25) is 0 Å². The van der Waals surface area contributed by atoms with Gasteiger partial charge in [-0.3, -0.25) is 4.79 Å². The summed E-state index contributed by atoms with van der Waals surface area (Å²) in [5, 5.41) is 14.6. The normalized spacial score (nSPS) is 19.4. The van der Waals surface area contributed by atoms with Gasteiger partial charge in [-0.2, -0.15) is 0 Å². The molecule has 1 atom stereocenters. The Kier molecular flexibility index (Phi) is 4.24. The molecular weight excluding hydrogens is 270 g/mol. The Morgan fingerprint density at radius 3 is 3.00 bits per heavy atom. The van der Waals surface area contributed by atoms with Crippen LogP contribution in [0.5, 0.6) is 0 Å². The number of benzene rings is 1. The molecule has 2 rings (SSSR count). The molecule has 1 aliphatic heterocycles. The predicted molar refractivity (Wildman–Crippen MR) is 71.6 cm³/mol. The van der Waals surface area contributed by atoms with Crippen molar-refractivity contribution in [2.75, 3.05) is 11.9 Å². The molecule has 1 aromatic carbocycles. The van der Waals surface area contributed by atoms with E-state index in [4.69, 9.17) is 27.3 Å². The van der Waals surface area contributed by atoms with Crippen molar-refractivity contribution in [3.05, 3.63) is 28.8 Å². The van der Waals surface area contributed by atoms with Gasteiger partial charge in [0.25, 0.3) is 5.91 Å². The maximum Gasteiger partial charge on any atom is 0.253 e. The topological polar surface area (TPSA) is 96.9 Å². The average Bonchev–Trinajstić information content (AvgIpc) is 2.94. The Bertz CT molecular complexity index is 513. The summed E-state index contributed by atoms with van der Waals surface area (Å²) < 4.78 is 5.28. The molecule has 4 N–H and O–H groups in total. The van der Waals surface area contributed by atoms with Crippen molar-refractivity contribution in [3.63, 3.8) is 0 Å². The molecule has 6 nitrogen and oxygen atoms in total. The molecule has 0 bridgehead atoms. The number of halogens is 1. The Labute approximate surface area is 115 Å². The van der Waals surface area contributed by atoms with E-state index >= 15 is 0 Å². The lowest BCUT2D eigenvalue weighted by Crippen LogP contribution is -2.27. The van der Waals surface area contributed by atoms with E-state index in [1.807, 2.05) is 0 Å². The van der Waals surface area contributed by atoms with Gasteiger partial charge in [0, 0.05) is 12.2 Å². The molecular formula is C12H14ClN3O3. The van der Waals surface area contributed by atoms with Crippen LogP contribution in [0.3, 0.4) is 0 Å². The highest BCUT2D eigenvalue weighted by Crippen LogP contribution is 2.24. The molecule has 0 aromatic heterocycles. The van der Waals surface area contributed by atoms with Crippen molar-refractivity contribution in [3.8, 4) is 0 Å². The van der Waals surface area contributed by atoms with Crippen LogP contribution in [0.1, 0.15) is 18.4 Å². The highest BCUT2D eigenvalue weighted by atomic mass is 35.5. The van der Waals surface area contributed by atoms with Gasteiger partial charge in [-0.25, -0.2) is 0 Å². The van der Waals surface area contributed by atoms with Crippen LogP contribution in [0.4, 0.5) is 5.69 Å². The third-order valence-electron chi connectivity index (χ3n) is 2.85. The van der Waals surface area contributed by atoms with E-state index in [9.17, 15) is 4.79 Å². The van der Waals surface area contributed by atoms with Gasteiger partial charge in [-0.1, -0.05) is 16.8 Å². The number of nitrogens with one attached hydrogen (secondary N) is 1. The summed E-state index contributed by atoms with van der Waals surface area (Å²) in [5.74, 6) is -0.291. The standard InChI is InChI=1S/C12H14ClN3O3/c13-8-4-3-7(11(14)16-18)6-9(8)15-12(17)10-2-1-5-19-10/h3-4,6,10,18H,1-2,5H2,(H2,14,16)(H,15,17). The van der Waals surface area contributed by atoms with Gasteiger partial charge in [-0.15, -0.1) is 0 Å². The third-order valence-corrected chi connectivity index (χ3v) is 3.18. The van der Waals surface area contributed by atoms with Gasteiger partial charge in [0.05, 0.1) is 10.7 Å². The zero-order chi connectivity index (χ0) is 13.8. The molecule has 1 aromatic rings. The summed E-state index contributed by atoms with van der Waals surface area (Å²) in [6.45, 7) is 0.593. The van der Waals surface area contributed by atoms with Gasteiger partial charge in [0.1, 0.15) is 6.10 Å². The number of carbonyl (C=O) groups is 1. The fourth-order valence-corrected chi connectivity index (χ4v) is 2.00. The number of anilines is 1. The van der Waals surface area contributed by atoms with E-state index in [0.717, 1.165) is 6.42 Å². The number of amides is 1. The first-order valence-corrected chi connectivity index (χ1v) is 6.19. The summed E-state index contributed by atoms with van der Waals surface area (Å²) >= 11 is 6.00. The summed E-state index contributed by atoms with van der Waals surface area (Å²) in [4.78, 5) is 11.9. The quantitative estimate of drug-likeness (QED) is 0.339. The summed E-state index contributed by atoms with van der Waals surface area (Å²) in [7, 11) is 0. The number of rotatable bonds is 3. The highest BCUT2D eigenvalue weighted by molar-refractivity contribution is 6.34. The second-order valence-corrected chi connectivity index (χ2v) is 4.58. The van der Waals surface area contributed by atoms with Crippen LogP contribution in [0.2, 0.25) is 5.02 Å². The molecule has 1 heterocycles. The number of nitrogens with two attached hydrogens (primary N) is 1. The lowest BCUT2D eigenvalue weighted by molar-refractivity contribution is -0.124. The molecule has 0 saturated carbocycles. The maximum atomic E-state index is 11.9. The first-order chi connectivity index (χ1) is 9.11. The van der Waals surface area contributed by atoms with E-state index in [0.29, 0.717) is 29.3 Å². The molecule has 0 aliphatic carbocycles. The van der Waals surface area contributed by atoms with Crippen LogP contribution in [0, 0.1) is 0 Å². The van der Waals surface area contributed by atoms with E-state index in [1.165, 1.54) is 0 Å². The molecule has 7 heteroatoms. The Hall–Kier alpha value is -1.79. The fraction of sp³-hybridized carbons (Fsp3) is 0.333. The monoisotopic (exact) mass is 283 g/mol. The predicted octanol–water partition coefficient (Wildman–Crippen LogP) is 1.55. The first kappa shape index (κ1) is 13.6. The number of carbonyl (C=O) groups excluding carboxylic acids is 1. The summed E-state index contributed by atoms with van der Waals surface area (Å²) in [5.41, 5.74) is 6.36. The van der Waals surface area contributed by atoms with Crippen LogP contribution in [-0.2, 0) is 9.53 Å². The third kappa shape index (κ3) is 3.15. The van der Waals surface area contributed by atoms with Crippen LogP contribution in [-0.4, -0.2) is 29.7 Å². The van der Waals surface area contributed by atoms with Crippen LogP contribution in [0.15, 0.2) is 23.4 Å². The molecule has 102 valence electrons. The van der Waals surface area contributed by atoms with Gasteiger partial charge in [-0.05, 0) is 31.0 Å². The number of amidine groups is 1. The number of hydrogen-bond donors (Lipinski definition) is 3. The van der Waals surface area contributed by atoms with Gasteiger partial charge in [0.15, 0.2) is 5.84 Å². The van der Waals surface area contributed by atoms with Crippen molar-refractivity contribution >= 4 is 29.0 Å². The molecule has 1 fully saturated rings. The smallest absolute Gasteiger partial charge is 0.253 e. The van der Waals surface area contributed by atoms with Crippen LogP contribution in [0.25, 0.3) is 0 Å². The average molecular weight is 284 g/mol. The number of ether oxygens (including phenoxy) is 1. The first-order valence-electron chi connectivity index (χ1n) is 5.81. The maximum absolute atomic E-state index is 11.9. The van der Waals surface area contributed by atoms with E-state index < -0.39 is 6.10 Å². The fourth-order valence-electron chi connectivity index (χ4n) is 1.84. The van der Waals surface area contributed by atoms with Crippen molar-refractivity contribution in [2.45, 2.75) is 18.9 Å². The van der Waals surface area contributed by atoms with E-state index in [-0.39, 0.29) is 11.7 Å². The minimum atomic E-state index is -0.441. The van der Waals surface area contributed by atoms with E-state index in [2.05, 4.69) is 10.5 Å². The Balaban J connectivity index is 2.16. The number of nitrogens with zero attached hydrogens (tertiary/aromatic N) is 1. The molecule has 0 radical (unpaired) electrons. The zero-order valence-corrected chi connectivity index (χ0v) is 10.9. The van der Waals surface area contributed by atoms with Crippen LogP contribution >= 0.6 is 11.6 Å². The summed E-state index contributed by atoms with van der Waals surface area (Å²) in [6.07, 6.45) is 1.13. The van der Waals surface area contributed by atoms with Gasteiger partial charge >= 0.3 is 0 Å². The molecule has 1 amide bonds. The molecule has 0 spiro atoms. The lowest BCUT2D eigenvalue weighted by Gasteiger charge is -2.12. The van der Waals surface area contributed by atoms with Crippen molar-refractivity contribution in [2.24, 2.45) is 10.9 Å². The van der Waals surface area contributed by atoms with Crippen molar-refractivity contribution in [1.82, 2.24) is 0 Å². The largest absolute Gasteiger partial charge is 0.409 e. The molecule has 1 saturated heterocycles. The molecule has 19 heavy (non-hydrogen) atoms. The molecule has 1 aliphatic rings. The van der Waals surface area contributed by atoms with Crippen molar-refractivity contribution in [1.29, 1.82) is 0 Å². The second-order valence-electron chi connectivity index (χ2n) is 4.17. The van der Waals surface area contributed by atoms with Gasteiger partial charge < -0.3 is 21.0 Å². The molecule has 1 unspecified atom stereocenters. The Morgan fingerprint density at radius 2 is 2.37 bits per heavy atom. The summed E-state index contributed by atoms with van der Waals surface area (Å²) in [6, 6.07) is 4.71. The Morgan fingerprint density at radius 1 is 1.58 bits per heavy atom. The number of oxime groups is 1. The van der Waals surface area contributed by atoms with E-state index in [1.54, 1.807) is 18.2 Å². The second kappa shape index (κ2) is 5.90. The minimum absolute atomic E-state index is 0.0516. The van der Waals surface area contributed by atoms with Crippen molar-refractivity contribution < 1.29 is 14.7 Å². The number of hydrogen-bond acceptors (Lipinski definition) is 4. The SMILES string of the molecule is NC(=NO)c1ccc(Cl)c(NC(=O)C2CCCO2)c1. The van der Waals surface area contributed by atoms with Crippen LogP contribution < -0.4 is 11.1 Å². The zero-order valence-electron chi connectivity index (χ0n) is 10.1. The minimum Gasteiger partial charge on any atom is -0.409 e.